The van der Waals surface area contributed by atoms with E-state index in [9.17, 15) is 29.6 Å². The lowest BCUT2D eigenvalue weighted by Crippen LogP contribution is -2.40. The molecule has 12 heteroatoms. The summed E-state index contributed by atoms with van der Waals surface area (Å²) in [5.41, 5.74) is 5.24. The van der Waals surface area contributed by atoms with Crippen LogP contribution in [0, 0.1) is 10.1 Å². The number of rotatable bonds is 5. The lowest BCUT2D eigenvalue weighted by Gasteiger charge is -2.33. The third kappa shape index (κ3) is 3.58. The van der Waals surface area contributed by atoms with E-state index in [1.165, 1.54) is 0 Å². The van der Waals surface area contributed by atoms with Crippen LogP contribution in [0.4, 0.5) is 5.69 Å². The van der Waals surface area contributed by atoms with Crippen molar-refractivity contribution in [3.63, 3.8) is 0 Å². The molecule has 2 atom stereocenters. The van der Waals surface area contributed by atoms with E-state index in [2.05, 4.69) is 0 Å². The number of thioether (sulfide) groups is 1. The molecule has 2 unspecified atom stereocenters. The molecule has 1 fully saturated rings. The second-order valence-corrected chi connectivity index (χ2v) is 7.93. The summed E-state index contributed by atoms with van der Waals surface area (Å²) in [7, 11) is 1.11. The minimum atomic E-state index is -1.36. The molecule has 1 aromatic carbocycles. The van der Waals surface area contributed by atoms with Gasteiger partial charge in [0.25, 0.3) is 5.69 Å². The Morgan fingerprint density at radius 2 is 2.00 bits per heavy atom. The number of hydrogen-bond donors (Lipinski definition) is 2. The molecule has 1 aromatic rings. The molecule has 0 aromatic heterocycles. The van der Waals surface area contributed by atoms with Gasteiger partial charge in [0.05, 0.1) is 46.0 Å². The van der Waals surface area contributed by atoms with Gasteiger partial charge >= 0.3 is 11.9 Å². The van der Waals surface area contributed by atoms with Gasteiger partial charge < -0.3 is 20.3 Å². The monoisotopic (exact) mass is 449 g/mol. The molecule has 2 heterocycles. The summed E-state index contributed by atoms with van der Waals surface area (Å²) in [4.78, 5) is 50.0. The summed E-state index contributed by atoms with van der Waals surface area (Å²) in [6.45, 7) is 3.12. The average molecular weight is 449 g/mol. The van der Waals surface area contributed by atoms with Crippen LogP contribution in [0.1, 0.15) is 25.3 Å². The van der Waals surface area contributed by atoms with Crippen LogP contribution in [0.3, 0.4) is 0 Å². The third-order valence-electron chi connectivity index (χ3n) is 4.82. The summed E-state index contributed by atoms with van der Waals surface area (Å²) in [6.07, 6.45) is 0. The van der Waals surface area contributed by atoms with Crippen LogP contribution in [0.25, 0.3) is 0 Å². The lowest BCUT2D eigenvalue weighted by atomic mass is 9.81. The van der Waals surface area contributed by atoms with Gasteiger partial charge in [0.15, 0.2) is 0 Å². The van der Waals surface area contributed by atoms with E-state index in [0.717, 1.165) is 42.0 Å². The van der Waals surface area contributed by atoms with Crippen molar-refractivity contribution in [3.8, 4) is 5.75 Å². The number of amides is 1. The van der Waals surface area contributed by atoms with Crippen molar-refractivity contribution in [1.29, 1.82) is 0 Å². The van der Waals surface area contributed by atoms with Gasteiger partial charge in [-0.15, -0.1) is 0 Å². The number of ether oxygens (including phenoxy) is 2. The number of nitrogens with two attached hydrogens (primary N) is 1. The van der Waals surface area contributed by atoms with Crippen LogP contribution in [0.15, 0.2) is 40.2 Å². The second kappa shape index (κ2) is 8.30. The molecule has 2 aliphatic heterocycles. The zero-order chi connectivity index (χ0) is 23.0. The number of phenolic OH excluding ortho intramolecular Hbond substituents is 1. The minimum absolute atomic E-state index is 0.0352. The molecule has 0 spiro atoms. The molecule has 164 valence electrons. The highest BCUT2D eigenvalue weighted by Crippen LogP contribution is 2.51. The third-order valence-corrected chi connectivity index (χ3v) is 6.00. The van der Waals surface area contributed by atoms with Crippen LogP contribution >= 0.6 is 11.8 Å². The van der Waals surface area contributed by atoms with Gasteiger partial charge in [0.2, 0.25) is 5.91 Å². The van der Waals surface area contributed by atoms with Crippen LogP contribution in [0.2, 0.25) is 0 Å². The first kappa shape index (κ1) is 22.2. The molecule has 0 radical (unpaired) electrons. The number of fused-ring (bicyclic) bond motifs is 1. The van der Waals surface area contributed by atoms with Crippen molar-refractivity contribution in [1.82, 2.24) is 4.90 Å². The zero-order valence-corrected chi connectivity index (χ0v) is 17.6. The largest absolute Gasteiger partial charge is 0.508 e. The number of nitrogens with zero attached hydrogens (tertiary/aromatic N) is 2. The van der Waals surface area contributed by atoms with Crippen LogP contribution in [-0.2, 0) is 23.9 Å². The number of phenols is 1. The molecule has 0 saturated carbocycles. The lowest BCUT2D eigenvalue weighted by molar-refractivity contribution is -0.384. The summed E-state index contributed by atoms with van der Waals surface area (Å²) < 4.78 is 9.96. The van der Waals surface area contributed by atoms with Crippen molar-refractivity contribution < 1.29 is 33.9 Å². The molecule has 11 nitrogen and oxygen atoms in total. The highest BCUT2D eigenvalue weighted by atomic mass is 32.2. The number of nitro benzene ring substituents is 1. The van der Waals surface area contributed by atoms with E-state index < -0.39 is 39.7 Å². The Hall–Kier alpha value is -3.54. The van der Waals surface area contributed by atoms with Crippen molar-refractivity contribution in [2.45, 2.75) is 25.0 Å². The number of esters is 2. The first-order valence-corrected chi connectivity index (χ1v) is 9.99. The molecular formula is C19H19N3O8S. The van der Waals surface area contributed by atoms with Crippen molar-refractivity contribution in [2.24, 2.45) is 5.73 Å². The van der Waals surface area contributed by atoms with Gasteiger partial charge in [0, 0.05) is 17.7 Å². The van der Waals surface area contributed by atoms with Crippen LogP contribution in [0.5, 0.6) is 5.75 Å². The fraction of sp³-hybridized carbons (Fsp3) is 0.316. The van der Waals surface area contributed by atoms with Crippen molar-refractivity contribution >= 4 is 35.3 Å². The van der Waals surface area contributed by atoms with Crippen molar-refractivity contribution in [3.05, 3.63) is 55.9 Å². The predicted molar refractivity (Wildman–Crippen MR) is 108 cm³/mol. The Balaban J connectivity index is 2.38. The Labute approximate surface area is 180 Å². The fourth-order valence-electron chi connectivity index (χ4n) is 3.44. The predicted octanol–water partition coefficient (Wildman–Crippen LogP) is 1.48. The van der Waals surface area contributed by atoms with Crippen LogP contribution in [-0.4, -0.2) is 51.7 Å². The van der Waals surface area contributed by atoms with Gasteiger partial charge in [-0.05, 0) is 19.9 Å². The molecule has 0 aliphatic carbocycles. The van der Waals surface area contributed by atoms with E-state index in [1.54, 1.807) is 13.8 Å². The number of hydrogen-bond acceptors (Lipinski definition) is 10. The maximum Gasteiger partial charge on any atom is 0.338 e. The number of non-ortho nitro benzene ring substituents is 1. The van der Waals surface area contributed by atoms with E-state index in [0.29, 0.717) is 0 Å². The number of benzene rings is 1. The van der Waals surface area contributed by atoms with E-state index in [4.69, 9.17) is 15.2 Å². The van der Waals surface area contributed by atoms with Gasteiger partial charge in [-0.25, -0.2) is 9.59 Å². The Kier molecular flexibility index (Phi) is 5.93. The molecule has 31 heavy (non-hydrogen) atoms. The zero-order valence-electron chi connectivity index (χ0n) is 16.8. The average Bonchev–Trinajstić information content (AvgIpc) is 3.02. The van der Waals surface area contributed by atoms with Crippen molar-refractivity contribution in [2.75, 3.05) is 13.7 Å². The fourth-order valence-corrected chi connectivity index (χ4v) is 4.61. The number of aromatic hydroxyl groups is 1. The highest BCUT2D eigenvalue weighted by Gasteiger charge is 2.49. The second-order valence-electron chi connectivity index (χ2n) is 6.60. The summed E-state index contributed by atoms with van der Waals surface area (Å²) in [5, 5.41) is 21.3. The summed E-state index contributed by atoms with van der Waals surface area (Å²) >= 11 is 1.03. The maximum absolute atomic E-state index is 12.9. The number of nitro groups is 1. The molecule has 1 amide bonds. The summed E-state index contributed by atoms with van der Waals surface area (Å²) in [6, 6.07) is 3.19. The first-order chi connectivity index (χ1) is 14.6. The van der Waals surface area contributed by atoms with Gasteiger partial charge in [-0.1, -0.05) is 11.8 Å². The normalized spacial score (nSPS) is 20.6. The van der Waals surface area contributed by atoms with Gasteiger partial charge in [0.1, 0.15) is 11.6 Å². The molecule has 3 rings (SSSR count). The van der Waals surface area contributed by atoms with E-state index in [1.807, 2.05) is 0 Å². The molecule has 0 bridgehead atoms. The quantitative estimate of drug-likeness (QED) is 0.382. The Bertz CT molecular complexity index is 1060. The summed E-state index contributed by atoms with van der Waals surface area (Å²) in [5.74, 6) is -4.33. The standard InChI is InChI=1S/C19H19N3O8S/c1-4-30-19(26)13-12(10-7-9(22(27)28)5-6-11(10)23)14(18(25)29-3)17-21(15(13)20)16(24)8(2)31-17/h5-8,12,23H,4,20H2,1-3H3. The van der Waals surface area contributed by atoms with E-state index >= 15 is 0 Å². The topological polar surface area (TPSA) is 162 Å². The SMILES string of the molecule is CCOC(=O)C1=C(N)N2C(=O)C(C)SC2=C(C(=O)OC)C1c1cc([N+](=O)[O-])ccc1O. The van der Waals surface area contributed by atoms with E-state index in [-0.39, 0.29) is 39.9 Å². The number of methoxy groups -OCH3 is 1. The maximum atomic E-state index is 12.9. The molecule has 2 aliphatic rings. The Morgan fingerprint density at radius 1 is 1.32 bits per heavy atom. The molecule has 3 N–H and O–H groups in total. The first-order valence-electron chi connectivity index (χ1n) is 9.11. The highest BCUT2D eigenvalue weighted by molar-refractivity contribution is 8.04. The van der Waals surface area contributed by atoms with Crippen LogP contribution < -0.4 is 5.73 Å². The van der Waals surface area contributed by atoms with Gasteiger partial charge in [-0.3, -0.25) is 19.8 Å². The number of carbonyl (C=O) groups excluding carboxylic acids is 3. The smallest absolute Gasteiger partial charge is 0.338 e. The Morgan fingerprint density at radius 3 is 2.58 bits per heavy atom. The minimum Gasteiger partial charge on any atom is -0.508 e. The molecular weight excluding hydrogens is 430 g/mol. The molecule has 1 saturated heterocycles. The van der Waals surface area contributed by atoms with Gasteiger partial charge in [-0.2, -0.15) is 0 Å². The number of carbonyl (C=O) groups is 3.